The van der Waals surface area contributed by atoms with Crippen LogP contribution < -0.4 is 10.1 Å². The van der Waals surface area contributed by atoms with Crippen molar-refractivity contribution in [3.05, 3.63) is 29.3 Å². The Morgan fingerprint density at radius 1 is 1.12 bits per heavy atom. The fourth-order valence-corrected chi connectivity index (χ4v) is 1.90. The molecule has 1 aromatic carbocycles. The molecule has 96 valence electrons. The molecule has 0 heterocycles. The maximum atomic E-state index is 5.37. The zero-order valence-corrected chi connectivity index (χ0v) is 11.1. The molecule has 1 unspecified atom stereocenters. The topological polar surface area (TPSA) is 39.7 Å². The molecule has 17 heavy (non-hydrogen) atoms. The van der Waals surface area contributed by atoms with Crippen molar-refractivity contribution in [1.29, 1.82) is 0 Å². The van der Waals surface area contributed by atoms with Crippen molar-refractivity contribution in [2.75, 3.05) is 28.4 Å². The number of hydrogen-bond donors (Lipinski definition) is 1. The molecule has 0 aromatic heterocycles. The summed E-state index contributed by atoms with van der Waals surface area (Å²) in [5.74, 6) is 0.828. The molecule has 0 saturated heterocycles. The normalized spacial score (nSPS) is 12.8. The number of aryl methyl sites for hydroxylation is 1. The number of methoxy groups -OCH3 is 3. The summed E-state index contributed by atoms with van der Waals surface area (Å²) < 4.78 is 16.0. The summed E-state index contributed by atoms with van der Waals surface area (Å²) in [4.78, 5) is 0. The molecule has 1 aromatic rings. The second-order valence-electron chi connectivity index (χ2n) is 3.85. The van der Waals surface area contributed by atoms with Crippen LogP contribution in [0.5, 0.6) is 5.75 Å². The molecule has 0 aliphatic rings. The van der Waals surface area contributed by atoms with E-state index in [2.05, 4.69) is 11.4 Å². The van der Waals surface area contributed by atoms with Crippen LogP contribution in [0.2, 0.25) is 0 Å². The van der Waals surface area contributed by atoms with E-state index >= 15 is 0 Å². The van der Waals surface area contributed by atoms with Gasteiger partial charge in [0.2, 0.25) is 0 Å². The van der Waals surface area contributed by atoms with E-state index in [1.165, 1.54) is 5.56 Å². The van der Waals surface area contributed by atoms with E-state index in [1.54, 1.807) is 21.3 Å². The van der Waals surface area contributed by atoms with Crippen LogP contribution in [0.4, 0.5) is 0 Å². The van der Waals surface area contributed by atoms with Gasteiger partial charge in [-0.25, -0.2) is 0 Å². The zero-order chi connectivity index (χ0) is 12.8. The predicted octanol–water partition coefficient (Wildman–Crippen LogP) is 1.88. The van der Waals surface area contributed by atoms with Gasteiger partial charge in [0.15, 0.2) is 6.29 Å². The van der Waals surface area contributed by atoms with Gasteiger partial charge in [-0.1, -0.05) is 17.7 Å². The average Bonchev–Trinajstić information content (AvgIpc) is 2.35. The summed E-state index contributed by atoms with van der Waals surface area (Å²) in [6.45, 7) is 2.05. The van der Waals surface area contributed by atoms with Crippen LogP contribution >= 0.6 is 0 Å². The van der Waals surface area contributed by atoms with Gasteiger partial charge in [0.1, 0.15) is 5.75 Å². The van der Waals surface area contributed by atoms with E-state index in [1.807, 2.05) is 26.1 Å². The fourth-order valence-electron chi connectivity index (χ4n) is 1.90. The minimum absolute atomic E-state index is 0.0696. The second-order valence-corrected chi connectivity index (χ2v) is 3.85. The molecule has 0 aliphatic heterocycles. The van der Waals surface area contributed by atoms with Gasteiger partial charge in [0.25, 0.3) is 0 Å². The first-order valence-electron chi connectivity index (χ1n) is 5.55. The summed E-state index contributed by atoms with van der Waals surface area (Å²) in [6, 6.07) is 5.98. The molecule has 0 bridgehead atoms. The Kier molecular flexibility index (Phi) is 5.41. The lowest BCUT2D eigenvalue weighted by Gasteiger charge is -2.26. The van der Waals surface area contributed by atoms with Crippen LogP contribution in [-0.2, 0) is 9.47 Å². The van der Waals surface area contributed by atoms with Crippen LogP contribution in [0.15, 0.2) is 18.2 Å². The molecule has 0 radical (unpaired) electrons. The number of benzene rings is 1. The highest BCUT2D eigenvalue weighted by Crippen LogP contribution is 2.29. The Labute approximate surface area is 103 Å². The fraction of sp³-hybridized carbons (Fsp3) is 0.538. The van der Waals surface area contributed by atoms with Gasteiger partial charge in [-0.15, -0.1) is 0 Å². The van der Waals surface area contributed by atoms with Gasteiger partial charge in [-0.05, 0) is 20.0 Å². The van der Waals surface area contributed by atoms with E-state index in [0.29, 0.717) is 0 Å². The summed E-state index contributed by atoms with van der Waals surface area (Å²) in [5.41, 5.74) is 2.20. The van der Waals surface area contributed by atoms with Crippen LogP contribution in [-0.4, -0.2) is 34.7 Å². The standard InChI is InChI=1S/C13H21NO3/c1-9-6-7-11(15-3)10(8-9)12(14-2)13(16-4)17-5/h6-8,12-14H,1-5H3. The molecular formula is C13H21NO3. The van der Waals surface area contributed by atoms with Crippen LogP contribution in [0.25, 0.3) is 0 Å². The van der Waals surface area contributed by atoms with Gasteiger partial charge >= 0.3 is 0 Å². The average molecular weight is 239 g/mol. The molecule has 1 rings (SSSR count). The van der Waals surface area contributed by atoms with Crippen molar-refractivity contribution >= 4 is 0 Å². The van der Waals surface area contributed by atoms with E-state index in [4.69, 9.17) is 14.2 Å². The Balaban J connectivity index is 3.13. The van der Waals surface area contributed by atoms with Crippen LogP contribution in [0.1, 0.15) is 17.2 Å². The maximum Gasteiger partial charge on any atom is 0.176 e. The number of likely N-dealkylation sites (N-methyl/N-ethyl adjacent to an activating group) is 1. The summed E-state index contributed by atoms with van der Waals surface area (Å²) >= 11 is 0. The lowest BCUT2D eigenvalue weighted by Crippen LogP contribution is -2.32. The van der Waals surface area contributed by atoms with Gasteiger partial charge in [-0.2, -0.15) is 0 Å². The second kappa shape index (κ2) is 6.59. The number of hydrogen-bond acceptors (Lipinski definition) is 4. The molecular weight excluding hydrogens is 218 g/mol. The molecule has 0 saturated carbocycles. The van der Waals surface area contributed by atoms with Crippen molar-refractivity contribution in [2.45, 2.75) is 19.3 Å². The monoisotopic (exact) mass is 239 g/mol. The van der Waals surface area contributed by atoms with E-state index < -0.39 is 0 Å². The molecule has 1 N–H and O–H groups in total. The predicted molar refractivity (Wildman–Crippen MR) is 67.3 cm³/mol. The largest absolute Gasteiger partial charge is 0.496 e. The smallest absolute Gasteiger partial charge is 0.176 e. The number of rotatable bonds is 6. The van der Waals surface area contributed by atoms with Crippen LogP contribution in [0, 0.1) is 6.92 Å². The number of ether oxygens (including phenoxy) is 3. The third kappa shape index (κ3) is 3.19. The highest BCUT2D eigenvalue weighted by atomic mass is 16.7. The van der Waals surface area contributed by atoms with Crippen molar-refractivity contribution < 1.29 is 14.2 Å². The quantitative estimate of drug-likeness (QED) is 0.769. The van der Waals surface area contributed by atoms with Gasteiger partial charge in [-0.3, -0.25) is 0 Å². The minimum atomic E-state index is -0.351. The van der Waals surface area contributed by atoms with Crippen molar-refractivity contribution in [2.24, 2.45) is 0 Å². The molecule has 0 fully saturated rings. The third-order valence-corrected chi connectivity index (χ3v) is 2.77. The SMILES string of the molecule is CNC(c1cc(C)ccc1OC)C(OC)OC. The van der Waals surface area contributed by atoms with Gasteiger partial charge < -0.3 is 19.5 Å². The summed E-state index contributed by atoms with van der Waals surface area (Å²) in [7, 11) is 6.79. The molecule has 0 amide bonds. The minimum Gasteiger partial charge on any atom is -0.496 e. The highest BCUT2D eigenvalue weighted by molar-refractivity contribution is 5.39. The summed E-state index contributed by atoms with van der Waals surface area (Å²) in [5, 5.41) is 3.19. The molecule has 1 atom stereocenters. The molecule has 0 spiro atoms. The Morgan fingerprint density at radius 2 is 1.76 bits per heavy atom. The molecule has 0 aliphatic carbocycles. The van der Waals surface area contributed by atoms with Gasteiger partial charge in [0.05, 0.1) is 13.2 Å². The lowest BCUT2D eigenvalue weighted by atomic mass is 10.0. The molecule has 4 heteroatoms. The first kappa shape index (κ1) is 14.0. The van der Waals surface area contributed by atoms with Crippen molar-refractivity contribution in [3.8, 4) is 5.75 Å². The highest BCUT2D eigenvalue weighted by Gasteiger charge is 2.24. The molecule has 4 nitrogen and oxygen atoms in total. The third-order valence-electron chi connectivity index (χ3n) is 2.77. The van der Waals surface area contributed by atoms with E-state index in [0.717, 1.165) is 11.3 Å². The lowest BCUT2D eigenvalue weighted by molar-refractivity contribution is -0.123. The summed E-state index contributed by atoms with van der Waals surface area (Å²) in [6.07, 6.45) is -0.351. The van der Waals surface area contributed by atoms with E-state index in [9.17, 15) is 0 Å². The number of nitrogens with one attached hydrogen (secondary N) is 1. The Bertz CT molecular complexity index is 351. The Hall–Kier alpha value is -1.10. The van der Waals surface area contributed by atoms with Crippen LogP contribution in [0.3, 0.4) is 0 Å². The maximum absolute atomic E-state index is 5.37. The van der Waals surface area contributed by atoms with Gasteiger partial charge in [0, 0.05) is 19.8 Å². The first-order valence-corrected chi connectivity index (χ1v) is 5.55. The van der Waals surface area contributed by atoms with E-state index in [-0.39, 0.29) is 12.3 Å². The van der Waals surface area contributed by atoms with Crippen molar-refractivity contribution in [1.82, 2.24) is 5.32 Å². The first-order chi connectivity index (χ1) is 8.17. The van der Waals surface area contributed by atoms with Crippen molar-refractivity contribution in [3.63, 3.8) is 0 Å². The Morgan fingerprint density at radius 3 is 2.24 bits per heavy atom. The zero-order valence-electron chi connectivity index (χ0n) is 11.1.